The molecule has 6 nitrogen and oxygen atoms in total. The van der Waals surface area contributed by atoms with Crippen molar-refractivity contribution in [2.45, 2.75) is 25.9 Å². The summed E-state index contributed by atoms with van der Waals surface area (Å²) in [6, 6.07) is 9.26. The van der Waals surface area contributed by atoms with Gasteiger partial charge < -0.3 is 19.8 Å². The van der Waals surface area contributed by atoms with Crippen LogP contribution in [0.4, 0.5) is 4.79 Å². The number of benzene rings is 1. The third-order valence-corrected chi connectivity index (χ3v) is 4.15. The van der Waals surface area contributed by atoms with E-state index in [0.717, 1.165) is 22.6 Å². The van der Waals surface area contributed by atoms with Crippen LogP contribution in [0.2, 0.25) is 0 Å². The SMILES string of the molecule is COc1ccc(C)cc1C(C)NC(=O)NCC(c1ccco1)N(C)C. The number of carbonyl (C=O) groups is 1. The molecular formula is C19H27N3O3. The van der Waals surface area contributed by atoms with Gasteiger partial charge in [-0.3, -0.25) is 4.90 Å². The maximum Gasteiger partial charge on any atom is 0.315 e. The van der Waals surface area contributed by atoms with Gasteiger partial charge in [-0.25, -0.2) is 4.79 Å². The molecule has 0 saturated carbocycles. The van der Waals surface area contributed by atoms with E-state index in [1.165, 1.54) is 0 Å². The Labute approximate surface area is 149 Å². The lowest BCUT2D eigenvalue weighted by molar-refractivity contribution is 0.223. The minimum atomic E-state index is -0.227. The molecule has 0 fully saturated rings. The third-order valence-electron chi connectivity index (χ3n) is 4.15. The number of carbonyl (C=O) groups excluding carboxylic acids is 1. The number of hydrogen-bond acceptors (Lipinski definition) is 4. The number of amides is 2. The van der Waals surface area contributed by atoms with Crippen molar-refractivity contribution < 1.29 is 13.9 Å². The van der Waals surface area contributed by atoms with Gasteiger partial charge in [0.15, 0.2) is 0 Å². The number of nitrogens with zero attached hydrogens (tertiary/aromatic N) is 1. The van der Waals surface area contributed by atoms with Gasteiger partial charge in [0.2, 0.25) is 0 Å². The molecule has 1 aromatic heterocycles. The Morgan fingerprint density at radius 1 is 1.32 bits per heavy atom. The van der Waals surface area contributed by atoms with E-state index in [1.54, 1.807) is 13.4 Å². The number of likely N-dealkylation sites (N-methyl/N-ethyl adjacent to an activating group) is 1. The van der Waals surface area contributed by atoms with Crippen LogP contribution >= 0.6 is 0 Å². The zero-order valence-electron chi connectivity index (χ0n) is 15.5. The highest BCUT2D eigenvalue weighted by Crippen LogP contribution is 2.26. The molecule has 1 aromatic carbocycles. The third kappa shape index (κ3) is 5.00. The van der Waals surface area contributed by atoms with Gasteiger partial charge >= 0.3 is 6.03 Å². The minimum Gasteiger partial charge on any atom is -0.496 e. The zero-order valence-corrected chi connectivity index (χ0v) is 15.5. The van der Waals surface area contributed by atoms with Crippen LogP contribution in [-0.2, 0) is 0 Å². The van der Waals surface area contributed by atoms with Gasteiger partial charge in [0.1, 0.15) is 11.5 Å². The molecule has 2 atom stereocenters. The van der Waals surface area contributed by atoms with Gasteiger partial charge in [0.25, 0.3) is 0 Å². The van der Waals surface area contributed by atoms with Crippen molar-refractivity contribution in [1.29, 1.82) is 0 Å². The fourth-order valence-corrected chi connectivity index (χ4v) is 2.73. The number of nitrogens with one attached hydrogen (secondary N) is 2. The maximum absolute atomic E-state index is 12.3. The number of furan rings is 1. The molecule has 25 heavy (non-hydrogen) atoms. The van der Waals surface area contributed by atoms with E-state index in [9.17, 15) is 4.79 Å². The first kappa shape index (κ1) is 18.9. The fourth-order valence-electron chi connectivity index (χ4n) is 2.73. The van der Waals surface area contributed by atoms with Crippen molar-refractivity contribution in [3.05, 3.63) is 53.5 Å². The van der Waals surface area contributed by atoms with E-state index in [1.807, 2.05) is 63.2 Å². The number of rotatable bonds is 7. The van der Waals surface area contributed by atoms with Gasteiger partial charge in [-0.05, 0) is 46.1 Å². The first-order chi connectivity index (χ1) is 11.9. The summed E-state index contributed by atoms with van der Waals surface area (Å²) in [5.41, 5.74) is 2.07. The van der Waals surface area contributed by atoms with Gasteiger partial charge in [0.05, 0.1) is 25.5 Å². The Hall–Kier alpha value is -2.47. The van der Waals surface area contributed by atoms with E-state index in [4.69, 9.17) is 9.15 Å². The molecule has 6 heteroatoms. The average molecular weight is 345 g/mol. The van der Waals surface area contributed by atoms with E-state index in [-0.39, 0.29) is 18.1 Å². The van der Waals surface area contributed by atoms with Gasteiger partial charge in [-0.15, -0.1) is 0 Å². The second-order valence-electron chi connectivity index (χ2n) is 6.32. The van der Waals surface area contributed by atoms with E-state index in [2.05, 4.69) is 10.6 Å². The Balaban J connectivity index is 1.96. The van der Waals surface area contributed by atoms with Gasteiger partial charge in [-0.1, -0.05) is 17.7 Å². The standard InChI is InChI=1S/C19H27N3O3/c1-13-8-9-17(24-5)15(11-13)14(2)21-19(23)20-12-16(22(3)4)18-7-6-10-25-18/h6-11,14,16H,12H2,1-5H3,(H2,20,21,23). The highest BCUT2D eigenvalue weighted by Gasteiger charge is 2.19. The molecule has 2 aromatic rings. The van der Waals surface area contributed by atoms with Crippen LogP contribution in [0.1, 0.15) is 35.9 Å². The Morgan fingerprint density at radius 3 is 2.68 bits per heavy atom. The van der Waals surface area contributed by atoms with Crippen LogP contribution in [0.25, 0.3) is 0 Å². The second kappa shape index (κ2) is 8.58. The number of aryl methyl sites for hydroxylation is 1. The summed E-state index contributed by atoms with van der Waals surface area (Å²) in [6.07, 6.45) is 1.64. The lowest BCUT2D eigenvalue weighted by Crippen LogP contribution is -2.41. The summed E-state index contributed by atoms with van der Waals surface area (Å²) in [6.45, 7) is 4.40. The molecule has 2 amide bonds. The summed E-state index contributed by atoms with van der Waals surface area (Å²) in [5, 5.41) is 5.87. The van der Waals surface area contributed by atoms with Crippen LogP contribution < -0.4 is 15.4 Å². The van der Waals surface area contributed by atoms with Crippen molar-refractivity contribution in [1.82, 2.24) is 15.5 Å². The molecule has 0 radical (unpaired) electrons. The predicted molar refractivity (Wildman–Crippen MR) is 97.8 cm³/mol. The van der Waals surface area contributed by atoms with E-state index in [0.29, 0.717) is 6.54 Å². The molecular weight excluding hydrogens is 318 g/mol. The van der Waals surface area contributed by atoms with Crippen molar-refractivity contribution in [3.8, 4) is 5.75 Å². The van der Waals surface area contributed by atoms with Crippen molar-refractivity contribution in [2.75, 3.05) is 27.7 Å². The maximum atomic E-state index is 12.3. The topological polar surface area (TPSA) is 66.7 Å². The monoisotopic (exact) mass is 345 g/mol. The van der Waals surface area contributed by atoms with Gasteiger partial charge in [0, 0.05) is 12.1 Å². The van der Waals surface area contributed by atoms with Crippen LogP contribution in [0.3, 0.4) is 0 Å². The number of urea groups is 1. The molecule has 0 bridgehead atoms. The largest absolute Gasteiger partial charge is 0.496 e. The summed E-state index contributed by atoms with van der Waals surface area (Å²) in [4.78, 5) is 14.3. The summed E-state index contributed by atoms with van der Waals surface area (Å²) in [5.74, 6) is 1.58. The first-order valence-electron chi connectivity index (χ1n) is 8.31. The van der Waals surface area contributed by atoms with Crippen LogP contribution in [-0.4, -0.2) is 38.7 Å². The normalized spacial score (nSPS) is 13.4. The van der Waals surface area contributed by atoms with Crippen LogP contribution in [0.5, 0.6) is 5.75 Å². The fraction of sp³-hybridized carbons (Fsp3) is 0.421. The molecule has 1 heterocycles. The highest BCUT2D eigenvalue weighted by atomic mass is 16.5. The molecule has 136 valence electrons. The Kier molecular flexibility index (Phi) is 6.47. The summed E-state index contributed by atoms with van der Waals surface area (Å²) in [7, 11) is 5.53. The highest BCUT2D eigenvalue weighted by molar-refractivity contribution is 5.74. The lowest BCUT2D eigenvalue weighted by atomic mass is 10.0. The predicted octanol–water partition coefficient (Wildman–Crippen LogP) is 3.26. The molecule has 0 saturated heterocycles. The minimum absolute atomic E-state index is 0.0236. The van der Waals surface area contributed by atoms with E-state index >= 15 is 0 Å². The molecule has 0 aliphatic rings. The molecule has 0 aliphatic heterocycles. The Bertz CT molecular complexity index is 683. The molecule has 0 spiro atoms. The quantitative estimate of drug-likeness (QED) is 0.808. The number of ether oxygens (including phenoxy) is 1. The summed E-state index contributed by atoms with van der Waals surface area (Å²) < 4.78 is 10.8. The molecule has 2 unspecified atom stereocenters. The van der Waals surface area contributed by atoms with Crippen LogP contribution in [0.15, 0.2) is 41.0 Å². The van der Waals surface area contributed by atoms with Gasteiger partial charge in [-0.2, -0.15) is 0 Å². The second-order valence-corrected chi connectivity index (χ2v) is 6.32. The summed E-state index contributed by atoms with van der Waals surface area (Å²) >= 11 is 0. The molecule has 2 rings (SSSR count). The van der Waals surface area contributed by atoms with Crippen molar-refractivity contribution in [3.63, 3.8) is 0 Å². The molecule has 0 aliphatic carbocycles. The van der Waals surface area contributed by atoms with Crippen molar-refractivity contribution >= 4 is 6.03 Å². The lowest BCUT2D eigenvalue weighted by Gasteiger charge is -2.23. The average Bonchev–Trinajstić information content (AvgIpc) is 3.08. The number of methoxy groups -OCH3 is 1. The van der Waals surface area contributed by atoms with Crippen LogP contribution in [0, 0.1) is 6.92 Å². The van der Waals surface area contributed by atoms with Crippen molar-refractivity contribution in [2.24, 2.45) is 0 Å². The smallest absolute Gasteiger partial charge is 0.315 e. The van der Waals surface area contributed by atoms with E-state index < -0.39 is 0 Å². The number of hydrogen-bond donors (Lipinski definition) is 2. The zero-order chi connectivity index (χ0) is 18.4. The first-order valence-corrected chi connectivity index (χ1v) is 8.31. The Morgan fingerprint density at radius 2 is 2.08 bits per heavy atom. The molecule has 2 N–H and O–H groups in total.